The average molecular weight is 334 g/mol. The van der Waals surface area contributed by atoms with Crippen molar-refractivity contribution < 1.29 is 19.1 Å². The van der Waals surface area contributed by atoms with Gasteiger partial charge in [-0.1, -0.05) is 12.1 Å². The molecule has 2 rings (SSSR count). The monoisotopic (exact) mass is 334 g/mol. The summed E-state index contributed by atoms with van der Waals surface area (Å²) in [6.45, 7) is 3.66. The highest BCUT2D eigenvalue weighted by atomic mass is 16.6. The maximum absolute atomic E-state index is 11.8. The summed E-state index contributed by atoms with van der Waals surface area (Å²) in [6.07, 6.45) is 3.56. The van der Waals surface area contributed by atoms with Gasteiger partial charge in [-0.2, -0.15) is 0 Å². The van der Waals surface area contributed by atoms with Crippen molar-refractivity contribution in [2.75, 3.05) is 26.3 Å². The molecule has 0 bridgehead atoms. The Labute approximate surface area is 142 Å². The normalized spacial score (nSPS) is 16.6. The molecule has 6 heteroatoms. The Morgan fingerprint density at radius 1 is 1.29 bits per heavy atom. The molecule has 0 saturated carbocycles. The molecule has 1 aliphatic rings. The Kier molecular flexibility index (Phi) is 7.55. The van der Waals surface area contributed by atoms with Crippen LogP contribution in [0.25, 0.3) is 0 Å². The molecule has 1 amide bonds. The van der Waals surface area contributed by atoms with Gasteiger partial charge in [0.05, 0.1) is 6.61 Å². The van der Waals surface area contributed by atoms with Gasteiger partial charge in [0, 0.05) is 19.0 Å². The summed E-state index contributed by atoms with van der Waals surface area (Å²) in [5.74, 6) is 0.355. The molecule has 0 aliphatic carbocycles. The molecule has 1 aliphatic heterocycles. The van der Waals surface area contributed by atoms with Crippen LogP contribution < -0.4 is 15.4 Å². The fourth-order valence-electron chi connectivity index (χ4n) is 2.67. The molecule has 0 radical (unpaired) electrons. The Balaban J connectivity index is 1.64. The zero-order valence-electron chi connectivity index (χ0n) is 14.2. The smallest absolute Gasteiger partial charge is 0.344 e. The van der Waals surface area contributed by atoms with Crippen molar-refractivity contribution in [1.82, 2.24) is 10.6 Å². The van der Waals surface area contributed by atoms with Gasteiger partial charge in [-0.3, -0.25) is 4.79 Å². The molecule has 2 N–H and O–H groups in total. The van der Waals surface area contributed by atoms with Gasteiger partial charge < -0.3 is 20.1 Å². The number of ether oxygens (including phenoxy) is 2. The minimum Gasteiger partial charge on any atom is -0.482 e. The van der Waals surface area contributed by atoms with E-state index in [-0.39, 0.29) is 18.5 Å². The number of nitrogens with one attached hydrogen (secondary N) is 2. The van der Waals surface area contributed by atoms with Crippen molar-refractivity contribution >= 4 is 11.9 Å². The lowest BCUT2D eigenvalue weighted by Gasteiger charge is -2.10. The molecule has 1 aromatic carbocycles. The summed E-state index contributed by atoms with van der Waals surface area (Å²) in [5, 5.41) is 6.28. The van der Waals surface area contributed by atoms with E-state index in [0.29, 0.717) is 31.4 Å². The zero-order valence-corrected chi connectivity index (χ0v) is 14.2. The van der Waals surface area contributed by atoms with E-state index in [4.69, 9.17) is 9.47 Å². The number of esters is 1. The summed E-state index contributed by atoms with van der Waals surface area (Å²) < 4.78 is 10.1. The molecule has 1 atom stereocenters. The van der Waals surface area contributed by atoms with Crippen molar-refractivity contribution in [2.45, 2.75) is 38.6 Å². The van der Waals surface area contributed by atoms with E-state index in [1.165, 1.54) is 0 Å². The molecule has 1 fully saturated rings. The number of hydrogen-bond donors (Lipinski definition) is 2. The third kappa shape index (κ3) is 6.58. The molecular formula is C18H26N2O4. The number of hydrogen-bond acceptors (Lipinski definition) is 5. The van der Waals surface area contributed by atoms with Crippen molar-refractivity contribution in [3.8, 4) is 5.75 Å². The minimum atomic E-state index is -0.374. The number of carbonyl (C=O) groups excluding carboxylic acids is 2. The maximum Gasteiger partial charge on any atom is 0.344 e. The maximum atomic E-state index is 11.8. The van der Waals surface area contributed by atoms with Crippen LogP contribution in [0.15, 0.2) is 24.3 Å². The quantitative estimate of drug-likeness (QED) is 0.668. The van der Waals surface area contributed by atoms with E-state index in [9.17, 15) is 9.59 Å². The third-order valence-corrected chi connectivity index (χ3v) is 3.92. The fourth-order valence-corrected chi connectivity index (χ4v) is 2.67. The van der Waals surface area contributed by atoms with Crippen LogP contribution in [0.3, 0.4) is 0 Å². The van der Waals surface area contributed by atoms with Gasteiger partial charge in [0.2, 0.25) is 5.91 Å². The molecular weight excluding hydrogens is 308 g/mol. The Bertz CT molecular complexity index is 524. The van der Waals surface area contributed by atoms with Crippen LogP contribution in [0.1, 0.15) is 31.7 Å². The summed E-state index contributed by atoms with van der Waals surface area (Å²) in [6, 6.07) is 7.84. The fraction of sp³-hybridized carbons (Fsp3) is 0.556. The van der Waals surface area contributed by atoms with Crippen molar-refractivity contribution in [2.24, 2.45) is 0 Å². The van der Waals surface area contributed by atoms with Crippen LogP contribution in [0.5, 0.6) is 5.75 Å². The molecule has 0 spiro atoms. The van der Waals surface area contributed by atoms with Gasteiger partial charge in [0.25, 0.3) is 0 Å². The second kappa shape index (κ2) is 9.93. The Morgan fingerprint density at radius 3 is 2.75 bits per heavy atom. The van der Waals surface area contributed by atoms with Crippen LogP contribution in [-0.4, -0.2) is 44.2 Å². The highest BCUT2D eigenvalue weighted by molar-refractivity contribution is 5.76. The first-order chi connectivity index (χ1) is 11.7. The predicted octanol–water partition coefficient (Wildman–Crippen LogP) is 1.43. The lowest BCUT2D eigenvalue weighted by atomic mass is 10.1. The van der Waals surface area contributed by atoms with Crippen molar-refractivity contribution in [1.29, 1.82) is 0 Å². The van der Waals surface area contributed by atoms with Gasteiger partial charge in [0.1, 0.15) is 5.75 Å². The molecule has 1 saturated heterocycles. The molecule has 0 aromatic heterocycles. The third-order valence-electron chi connectivity index (χ3n) is 3.92. The molecule has 132 valence electrons. The number of amides is 1. The van der Waals surface area contributed by atoms with Gasteiger partial charge >= 0.3 is 5.97 Å². The lowest BCUT2D eigenvalue weighted by Crippen LogP contribution is -2.32. The topological polar surface area (TPSA) is 76.7 Å². The first kappa shape index (κ1) is 18.3. The van der Waals surface area contributed by atoms with Gasteiger partial charge in [-0.15, -0.1) is 0 Å². The average Bonchev–Trinajstić information content (AvgIpc) is 3.07. The summed E-state index contributed by atoms with van der Waals surface area (Å²) in [7, 11) is 0. The van der Waals surface area contributed by atoms with E-state index >= 15 is 0 Å². The van der Waals surface area contributed by atoms with E-state index in [0.717, 1.165) is 31.4 Å². The van der Waals surface area contributed by atoms with Crippen LogP contribution in [0.2, 0.25) is 0 Å². The SMILES string of the molecule is CCOC(=O)COc1ccc(CCNC(=O)CC2CCCN2)cc1. The minimum absolute atomic E-state index is 0.0849. The second-order valence-corrected chi connectivity index (χ2v) is 5.84. The predicted molar refractivity (Wildman–Crippen MR) is 90.9 cm³/mol. The number of carbonyl (C=O) groups is 2. The summed E-state index contributed by atoms with van der Waals surface area (Å²) in [4.78, 5) is 23.1. The summed E-state index contributed by atoms with van der Waals surface area (Å²) >= 11 is 0. The first-order valence-electron chi connectivity index (χ1n) is 8.55. The largest absolute Gasteiger partial charge is 0.482 e. The Hall–Kier alpha value is -2.08. The number of benzene rings is 1. The van der Waals surface area contributed by atoms with E-state index in [1.54, 1.807) is 6.92 Å². The van der Waals surface area contributed by atoms with Crippen molar-refractivity contribution in [3.05, 3.63) is 29.8 Å². The Morgan fingerprint density at radius 2 is 2.08 bits per heavy atom. The standard InChI is InChI=1S/C18H26N2O4/c1-2-23-18(22)13-24-16-7-5-14(6-8-16)9-11-20-17(21)12-15-4-3-10-19-15/h5-8,15,19H,2-4,9-13H2,1H3,(H,20,21). The number of rotatable bonds is 9. The van der Waals surface area contributed by atoms with Crippen LogP contribution in [0, 0.1) is 0 Å². The molecule has 1 unspecified atom stereocenters. The summed E-state index contributed by atoms with van der Waals surface area (Å²) in [5.41, 5.74) is 1.11. The van der Waals surface area contributed by atoms with Crippen LogP contribution >= 0.6 is 0 Å². The molecule has 1 heterocycles. The van der Waals surface area contributed by atoms with Crippen LogP contribution in [0.4, 0.5) is 0 Å². The van der Waals surface area contributed by atoms with Gasteiger partial charge in [0.15, 0.2) is 6.61 Å². The first-order valence-corrected chi connectivity index (χ1v) is 8.55. The van der Waals surface area contributed by atoms with E-state index in [2.05, 4.69) is 10.6 Å². The zero-order chi connectivity index (χ0) is 17.2. The van der Waals surface area contributed by atoms with Crippen molar-refractivity contribution in [3.63, 3.8) is 0 Å². The molecule has 6 nitrogen and oxygen atoms in total. The van der Waals surface area contributed by atoms with Gasteiger partial charge in [-0.05, 0) is 50.4 Å². The lowest BCUT2D eigenvalue weighted by molar-refractivity contribution is -0.145. The second-order valence-electron chi connectivity index (χ2n) is 5.84. The molecule has 24 heavy (non-hydrogen) atoms. The van der Waals surface area contributed by atoms with E-state index < -0.39 is 0 Å². The highest BCUT2D eigenvalue weighted by Crippen LogP contribution is 2.12. The highest BCUT2D eigenvalue weighted by Gasteiger charge is 2.17. The van der Waals surface area contributed by atoms with Crippen LogP contribution in [-0.2, 0) is 20.7 Å². The van der Waals surface area contributed by atoms with Gasteiger partial charge in [-0.25, -0.2) is 4.79 Å². The molecule has 1 aromatic rings. The van der Waals surface area contributed by atoms with E-state index in [1.807, 2.05) is 24.3 Å².